The number of amides is 1. The molecule has 164 valence electrons. The number of likely N-dealkylation sites (tertiary alicyclic amines) is 1. The van der Waals surface area contributed by atoms with Gasteiger partial charge in [0.15, 0.2) is 5.78 Å². The van der Waals surface area contributed by atoms with E-state index >= 15 is 0 Å². The smallest absolute Gasteiger partial charge is 0.326 e. The van der Waals surface area contributed by atoms with Gasteiger partial charge in [0.05, 0.1) is 5.52 Å². The van der Waals surface area contributed by atoms with Crippen LogP contribution >= 0.6 is 0 Å². The number of ketones is 1. The molecule has 2 aliphatic rings. The fraction of sp³-hybridized carbons (Fsp3) is 0.391. The lowest BCUT2D eigenvalue weighted by Crippen LogP contribution is -2.44. The molecule has 0 spiro atoms. The van der Waals surface area contributed by atoms with Crippen molar-refractivity contribution >= 4 is 28.6 Å². The summed E-state index contributed by atoms with van der Waals surface area (Å²) in [4.78, 5) is 47.1. The van der Waals surface area contributed by atoms with Gasteiger partial charge in [-0.25, -0.2) is 14.8 Å². The molecule has 1 aliphatic heterocycles. The van der Waals surface area contributed by atoms with E-state index in [0.717, 1.165) is 17.5 Å². The van der Waals surface area contributed by atoms with Crippen molar-refractivity contribution in [3.8, 4) is 11.1 Å². The Kier molecular flexibility index (Phi) is 4.40. The van der Waals surface area contributed by atoms with Crippen LogP contribution in [0.15, 0.2) is 30.6 Å². The van der Waals surface area contributed by atoms with E-state index in [9.17, 15) is 19.5 Å². The monoisotopic (exact) mass is 433 g/mol. The van der Waals surface area contributed by atoms with Crippen molar-refractivity contribution in [1.29, 1.82) is 0 Å². The Morgan fingerprint density at radius 3 is 2.53 bits per heavy atom. The number of carbonyl (C=O) groups is 3. The maximum atomic E-state index is 13.2. The molecule has 0 radical (unpaired) electrons. The Labute approximate surface area is 184 Å². The first-order valence-electron chi connectivity index (χ1n) is 10.5. The molecule has 2 fully saturated rings. The van der Waals surface area contributed by atoms with Crippen LogP contribution in [0.1, 0.15) is 43.0 Å². The number of piperidine rings is 1. The van der Waals surface area contributed by atoms with Gasteiger partial charge in [0.1, 0.15) is 24.1 Å². The summed E-state index contributed by atoms with van der Waals surface area (Å²) in [5.41, 5.74) is 2.45. The van der Waals surface area contributed by atoms with Crippen LogP contribution < -0.4 is 0 Å². The fourth-order valence-corrected chi connectivity index (χ4v) is 4.84. The number of benzene rings is 1. The van der Waals surface area contributed by atoms with Crippen LogP contribution in [0.3, 0.4) is 0 Å². The van der Waals surface area contributed by atoms with Crippen molar-refractivity contribution in [2.45, 2.75) is 52.2 Å². The molecule has 32 heavy (non-hydrogen) atoms. The number of aryl methyl sites for hydroxylation is 1. The molecule has 1 aromatic carbocycles. The van der Waals surface area contributed by atoms with E-state index in [2.05, 4.69) is 15.1 Å². The molecule has 3 atom stereocenters. The molecule has 3 aromatic rings. The normalized spacial score (nSPS) is 23.9. The molecule has 1 saturated heterocycles. The molecule has 2 aromatic heterocycles. The zero-order chi connectivity index (χ0) is 22.8. The molecule has 5 rings (SSSR count). The van der Waals surface area contributed by atoms with Gasteiger partial charge in [-0.05, 0) is 42.9 Å². The zero-order valence-electron chi connectivity index (χ0n) is 18.1. The van der Waals surface area contributed by atoms with E-state index in [-0.39, 0.29) is 35.4 Å². The van der Waals surface area contributed by atoms with Crippen LogP contribution in [0.4, 0.5) is 0 Å². The first-order chi connectivity index (χ1) is 15.2. The molecule has 3 heterocycles. The lowest BCUT2D eigenvalue weighted by molar-refractivity contribution is -0.149. The summed E-state index contributed by atoms with van der Waals surface area (Å²) < 4.78 is 1.50. The van der Waals surface area contributed by atoms with Crippen LogP contribution in [-0.4, -0.2) is 59.5 Å². The van der Waals surface area contributed by atoms with Crippen LogP contribution in [0.5, 0.6) is 0 Å². The molecule has 1 aliphatic carbocycles. The van der Waals surface area contributed by atoms with Crippen LogP contribution in [0, 0.1) is 12.3 Å². The summed E-state index contributed by atoms with van der Waals surface area (Å²) in [6.07, 6.45) is 4.73. The maximum Gasteiger partial charge on any atom is 0.326 e. The minimum Gasteiger partial charge on any atom is -0.480 e. The van der Waals surface area contributed by atoms with Gasteiger partial charge in [0.2, 0.25) is 5.91 Å². The molecular formula is C23H23N5O4. The highest BCUT2D eigenvalue weighted by molar-refractivity contribution is 6.06. The number of fused-ring (bicyclic) bond motifs is 2. The largest absolute Gasteiger partial charge is 0.480 e. The Balaban J connectivity index is 1.50. The molecule has 9 heteroatoms. The quantitative estimate of drug-likeness (QED) is 0.614. The van der Waals surface area contributed by atoms with E-state index in [0.29, 0.717) is 23.1 Å². The zero-order valence-corrected chi connectivity index (χ0v) is 18.1. The summed E-state index contributed by atoms with van der Waals surface area (Å²) in [5, 5.41) is 14.6. The summed E-state index contributed by atoms with van der Waals surface area (Å²) in [5.74, 6) is -0.817. The Morgan fingerprint density at radius 1 is 1.16 bits per heavy atom. The van der Waals surface area contributed by atoms with Crippen molar-refractivity contribution < 1.29 is 19.5 Å². The molecule has 1 saturated carbocycles. The number of Topliss-reactive ketones (excluding diaryl/α,β-unsaturated/α-hetero) is 1. The van der Waals surface area contributed by atoms with Crippen molar-refractivity contribution in [1.82, 2.24) is 24.6 Å². The highest BCUT2D eigenvalue weighted by Gasteiger charge is 2.64. The summed E-state index contributed by atoms with van der Waals surface area (Å²) in [7, 11) is 0. The van der Waals surface area contributed by atoms with Crippen LogP contribution in [0.25, 0.3) is 22.0 Å². The summed E-state index contributed by atoms with van der Waals surface area (Å²) in [6, 6.07) is 4.68. The average molecular weight is 433 g/mol. The highest BCUT2D eigenvalue weighted by atomic mass is 16.4. The highest BCUT2D eigenvalue weighted by Crippen LogP contribution is 2.59. The number of hydrogen-bond donors (Lipinski definition) is 1. The number of carboxylic acids is 1. The maximum absolute atomic E-state index is 13.2. The molecule has 1 N–H and O–H groups in total. The lowest BCUT2D eigenvalue weighted by Gasteiger charge is -2.24. The van der Waals surface area contributed by atoms with Gasteiger partial charge in [-0.15, -0.1) is 0 Å². The van der Waals surface area contributed by atoms with Gasteiger partial charge in [-0.2, -0.15) is 5.10 Å². The van der Waals surface area contributed by atoms with Gasteiger partial charge in [0.25, 0.3) is 0 Å². The van der Waals surface area contributed by atoms with E-state index in [1.54, 1.807) is 19.3 Å². The SMILES string of the molecule is CC(=O)c1nn(CC(=O)N2[C@H](C(=O)O)C[C@@]3(C)C[C@@H]23)c2ccc(-c3cnc(C)nc3)cc12. The first kappa shape index (κ1) is 20.3. The summed E-state index contributed by atoms with van der Waals surface area (Å²) >= 11 is 0. The molecule has 0 bridgehead atoms. The predicted octanol–water partition coefficient (Wildman–Crippen LogP) is 2.47. The first-order valence-corrected chi connectivity index (χ1v) is 10.5. The van der Waals surface area contributed by atoms with Gasteiger partial charge in [-0.1, -0.05) is 13.0 Å². The van der Waals surface area contributed by atoms with E-state index < -0.39 is 12.0 Å². The molecule has 1 amide bonds. The van der Waals surface area contributed by atoms with E-state index in [1.165, 1.54) is 16.5 Å². The predicted molar refractivity (Wildman–Crippen MR) is 115 cm³/mol. The number of aliphatic carboxylic acids is 1. The number of aromatic nitrogens is 4. The third-order valence-corrected chi connectivity index (χ3v) is 6.69. The molecule has 9 nitrogen and oxygen atoms in total. The van der Waals surface area contributed by atoms with E-state index in [4.69, 9.17) is 0 Å². The van der Waals surface area contributed by atoms with Gasteiger partial charge >= 0.3 is 5.97 Å². The van der Waals surface area contributed by atoms with Crippen LogP contribution in [0.2, 0.25) is 0 Å². The second-order valence-electron chi connectivity index (χ2n) is 9.05. The Hall–Kier alpha value is -3.62. The van der Waals surface area contributed by atoms with Gasteiger partial charge in [0, 0.05) is 36.3 Å². The standard InChI is InChI=1S/C23H23N5O4/c1-12(29)21-16-6-14(15-9-24-13(2)25-10-15)4-5-17(16)27(26-21)11-20(30)28-18(22(31)32)7-23(3)8-19(23)28/h4-6,9-10,18-19H,7-8,11H2,1-3H3,(H,31,32)/t18-,19+,23-/m0/s1. The number of hydrogen-bond acceptors (Lipinski definition) is 6. The summed E-state index contributed by atoms with van der Waals surface area (Å²) in [6.45, 7) is 5.15. The minimum atomic E-state index is -0.980. The lowest BCUT2D eigenvalue weighted by atomic mass is 10.0. The van der Waals surface area contributed by atoms with Crippen LogP contribution in [-0.2, 0) is 16.1 Å². The average Bonchev–Trinajstić information content (AvgIpc) is 3.12. The van der Waals surface area contributed by atoms with Gasteiger partial charge in [-0.3, -0.25) is 14.3 Å². The third kappa shape index (κ3) is 3.16. The minimum absolute atomic E-state index is 0.0432. The third-order valence-electron chi connectivity index (χ3n) is 6.69. The second-order valence-corrected chi connectivity index (χ2v) is 9.05. The second kappa shape index (κ2) is 6.94. The van der Waals surface area contributed by atoms with Crippen molar-refractivity contribution in [3.05, 3.63) is 42.1 Å². The topological polar surface area (TPSA) is 118 Å². The molecule has 0 unspecified atom stereocenters. The van der Waals surface area contributed by atoms with Crippen molar-refractivity contribution in [2.24, 2.45) is 5.41 Å². The van der Waals surface area contributed by atoms with Crippen molar-refractivity contribution in [2.75, 3.05) is 0 Å². The number of nitrogens with zero attached hydrogens (tertiary/aromatic N) is 5. The van der Waals surface area contributed by atoms with E-state index in [1.807, 2.05) is 25.1 Å². The Morgan fingerprint density at radius 2 is 1.88 bits per heavy atom. The van der Waals surface area contributed by atoms with Gasteiger partial charge < -0.3 is 10.0 Å². The van der Waals surface area contributed by atoms with Crippen molar-refractivity contribution in [3.63, 3.8) is 0 Å². The number of carbonyl (C=O) groups excluding carboxylic acids is 2. The fourth-order valence-electron chi connectivity index (χ4n) is 4.84. The molecular weight excluding hydrogens is 410 g/mol. The number of carboxylic acid groups (broad SMARTS) is 1. The Bertz CT molecular complexity index is 1280. The number of rotatable bonds is 5.